The first-order valence-corrected chi connectivity index (χ1v) is 7.10. The number of nitro groups is 1. The molecule has 3 heterocycles. The van der Waals surface area contributed by atoms with Crippen LogP contribution in [-0.4, -0.2) is 24.7 Å². The molecule has 3 aromatic rings. The maximum absolute atomic E-state index is 11.0. The van der Waals surface area contributed by atoms with E-state index in [-0.39, 0.29) is 10.7 Å². The molecular formula is C13H11N5O3S. The summed E-state index contributed by atoms with van der Waals surface area (Å²) < 4.78 is 7.01. The molecule has 0 fully saturated rings. The van der Waals surface area contributed by atoms with Gasteiger partial charge in [0.05, 0.1) is 16.7 Å². The van der Waals surface area contributed by atoms with Crippen LogP contribution >= 0.6 is 11.8 Å². The minimum Gasteiger partial charge on any atom is -0.469 e. The van der Waals surface area contributed by atoms with Crippen LogP contribution in [0.1, 0.15) is 5.76 Å². The van der Waals surface area contributed by atoms with Crippen LogP contribution in [0.15, 0.2) is 45.3 Å². The van der Waals surface area contributed by atoms with Crippen molar-refractivity contribution in [3.05, 3.63) is 46.5 Å². The molecule has 0 saturated carbocycles. The van der Waals surface area contributed by atoms with Crippen molar-refractivity contribution in [1.29, 1.82) is 0 Å². The molecule has 0 aliphatic heterocycles. The highest BCUT2D eigenvalue weighted by molar-refractivity contribution is 7.99. The molecule has 0 N–H and O–H groups in total. The zero-order valence-electron chi connectivity index (χ0n) is 11.8. The number of pyridine rings is 1. The summed E-state index contributed by atoms with van der Waals surface area (Å²) in [7, 11) is 1.79. The highest BCUT2D eigenvalue weighted by Gasteiger charge is 2.20. The molecule has 0 saturated heterocycles. The lowest BCUT2D eigenvalue weighted by Crippen LogP contribution is -1.97. The summed E-state index contributed by atoms with van der Waals surface area (Å²) in [6, 6.07) is 4.74. The zero-order valence-corrected chi connectivity index (χ0v) is 12.6. The Bertz CT molecular complexity index is 842. The van der Waals surface area contributed by atoms with E-state index in [0.717, 1.165) is 23.1 Å². The smallest absolute Gasteiger partial charge is 0.301 e. The SMILES string of the molecule is Cc1occc1-c1nnc(Sc2ncccc2[N+](=O)[O-])n1C. The van der Waals surface area contributed by atoms with Gasteiger partial charge in [0, 0.05) is 19.3 Å². The summed E-state index contributed by atoms with van der Waals surface area (Å²) in [4.78, 5) is 14.6. The Labute approximate surface area is 129 Å². The third kappa shape index (κ3) is 2.46. The van der Waals surface area contributed by atoms with Crippen molar-refractivity contribution >= 4 is 17.4 Å². The first-order valence-electron chi connectivity index (χ1n) is 6.29. The highest BCUT2D eigenvalue weighted by atomic mass is 32.2. The summed E-state index contributed by atoms with van der Waals surface area (Å²) in [6.45, 7) is 1.83. The molecule has 0 radical (unpaired) electrons. The lowest BCUT2D eigenvalue weighted by atomic mass is 10.2. The molecule has 0 aliphatic carbocycles. The molecule has 0 atom stereocenters. The van der Waals surface area contributed by atoms with Gasteiger partial charge >= 0.3 is 5.69 Å². The van der Waals surface area contributed by atoms with Crippen LogP contribution in [-0.2, 0) is 7.05 Å². The number of aryl methyl sites for hydroxylation is 1. The Morgan fingerprint density at radius 2 is 2.18 bits per heavy atom. The van der Waals surface area contributed by atoms with E-state index in [9.17, 15) is 10.1 Å². The summed E-state index contributed by atoms with van der Waals surface area (Å²) >= 11 is 1.10. The molecule has 3 rings (SSSR count). The standard InChI is InChI=1S/C13H11N5O3S/c1-8-9(5-7-21-8)11-15-16-13(17(11)2)22-12-10(18(19)20)4-3-6-14-12/h3-7H,1-2H3. The molecule has 112 valence electrons. The largest absolute Gasteiger partial charge is 0.469 e. The van der Waals surface area contributed by atoms with E-state index >= 15 is 0 Å². The van der Waals surface area contributed by atoms with E-state index in [1.54, 1.807) is 23.9 Å². The molecule has 8 nitrogen and oxygen atoms in total. The number of furan rings is 1. The summed E-state index contributed by atoms with van der Waals surface area (Å²) in [5.41, 5.74) is 0.772. The Balaban J connectivity index is 1.97. The molecule has 0 aromatic carbocycles. The molecule has 0 spiro atoms. The van der Waals surface area contributed by atoms with Gasteiger partial charge in [-0.05, 0) is 30.8 Å². The Hall–Kier alpha value is -2.68. The van der Waals surface area contributed by atoms with Crippen LogP contribution in [0.3, 0.4) is 0 Å². The van der Waals surface area contributed by atoms with Gasteiger partial charge in [0.1, 0.15) is 5.76 Å². The highest BCUT2D eigenvalue weighted by Crippen LogP contribution is 2.33. The van der Waals surface area contributed by atoms with Crippen molar-refractivity contribution in [2.24, 2.45) is 7.05 Å². The predicted octanol–water partition coefficient (Wildman–Crippen LogP) is 2.84. The van der Waals surface area contributed by atoms with Gasteiger partial charge in [-0.25, -0.2) is 4.98 Å². The van der Waals surface area contributed by atoms with Gasteiger partial charge in [-0.15, -0.1) is 10.2 Å². The lowest BCUT2D eigenvalue weighted by molar-refractivity contribution is -0.388. The van der Waals surface area contributed by atoms with Gasteiger partial charge in [-0.3, -0.25) is 10.1 Å². The summed E-state index contributed by atoms with van der Waals surface area (Å²) in [5.74, 6) is 1.36. The first-order chi connectivity index (χ1) is 10.6. The van der Waals surface area contributed by atoms with E-state index in [1.807, 2.05) is 6.92 Å². The van der Waals surface area contributed by atoms with Crippen molar-refractivity contribution in [2.75, 3.05) is 0 Å². The lowest BCUT2D eigenvalue weighted by Gasteiger charge is -2.03. The van der Waals surface area contributed by atoms with Gasteiger partial charge in [0.15, 0.2) is 16.0 Å². The number of rotatable bonds is 4. The second-order valence-electron chi connectivity index (χ2n) is 4.44. The average Bonchev–Trinajstić information content (AvgIpc) is 3.06. The first kappa shape index (κ1) is 14.3. The number of hydrogen-bond donors (Lipinski definition) is 0. The maximum Gasteiger partial charge on any atom is 0.301 e. The number of hydrogen-bond acceptors (Lipinski definition) is 7. The van der Waals surface area contributed by atoms with E-state index in [4.69, 9.17) is 4.42 Å². The zero-order chi connectivity index (χ0) is 15.7. The molecular weight excluding hydrogens is 306 g/mol. The van der Waals surface area contributed by atoms with E-state index in [0.29, 0.717) is 11.0 Å². The van der Waals surface area contributed by atoms with Crippen molar-refractivity contribution in [3.63, 3.8) is 0 Å². The van der Waals surface area contributed by atoms with Crippen molar-refractivity contribution in [3.8, 4) is 11.4 Å². The molecule has 0 bridgehead atoms. The quantitative estimate of drug-likeness (QED) is 0.538. The van der Waals surface area contributed by atoms with E-state index in [1.165, 1.54) is 18.3 Å². The number of aromatic nitrogens is 4. The second kappa shape index (κ2) is 5.60. The van der Waals surface area contributed by atoms with E-state index < -0.39 is 4.92 Å². The average molecular weight is 317 g/mol. The summed E-state index contributed by atoms with van der Waals surface area (Å²) in [5, 5.41) is 20.0. The fraction of sp³-hybridized carbons (Fsp3) is 0.154. The molecule has 3 aromatic heterocycles. The molecule has 0 unspecified atom stereocenters. The fourth-order valence-corrected chi connectivity index (χ4v) is 2.78. The predicted molar refractivity (Wildman–Crippen MR) is 78.5 cm³/mol. The van der Waals surface area contributed by atoms with Crippen LogP contribution < -0.4 is 0 Å². The maximum atomic E-state index is 11.0. The topological polar surface area (TPSA) is 99.9 Å². The van der Waals surface area contributed by atoms with Crippen molar-refractivity contribution in [2.45, 2.75) is 17.1 Å². The van der Waals surface area contributed by atoms with Crippen LogP contribution in [0.5, 0.6) is 0 Å². The fourth-order valence-electron chi connectivity index (χ4n) is 1.94. The minimum absolute atomic E-state index is 0.0588. The Morgan fingerprint density at radius 3 is 2.86 bits per heavy atom. The monoisotopic (exact) mass is 317 g/mol. The molecule has 0 amide bonds. The van der Waals surface area contributed by atoms with Crippen LogP contribution in [0, 0.1) is 17.0 Å². The summed E-state index contributed by atoms with van der Waals surface area (Å²) in [6.07, 6.45) is 3.09. The third-order valence-corrected chi connectivity index (χ3v) is 4.12. The third-order valence-electron chi connectivity index (χ3n) is 3.07. The van der Waals surface area contributed by atoms with Crippen molar-refractivity contribution < 1.29 is 9.34 Å². The molecule has 22 heavy (non-hydrogen) atoms. The normalized spacial score (nSPS) is 10.8. The van der Waals surface area contributed by atoms with Gasteiger partial charge in [0.25, 0.3) is 0 Å². The van der Waals surface area contributed by atoms with E-state index in [2.05, 4.69) is 15.2 Å². The minimum atomic E-state index is -0.465. The number of nitrogens with zero attached hydrogens (tertiary/aromatic N) is 5. The van der Waals surface area contributed by atoms with Gasteiger partial charge in [-0.1, -0.05) is 0 Å². The molecule has 0 aliphatic rings. The van der Waals surface area contributed by atoms with Gasteiger partial charge in [0.2, 0.25) is 0 Å². The molecule has 9 heteroatoms. The van der Waals surface area contributed by atoms with Crippen LogP contribution in [0.4, 0.5) is 5.69 Å². The second-order valence-corrected chi connectivity index (χ2v) is 5.40. The van der Waals surface area contributed by atoms with Gasteiger partial charge < -0.3 is 8.98 Å². The Morgan fingerprint density at radius 1 is 1.36 bits per heavy atom. The van der Waals surface area contributed by atoms with Crippen molar-refractivity contribution in [1.82, 2.24) is 19.7 Å². The van der Waals surface area contributed by atoms with Crippen LogP contribution in [0.2, 0.25) is 0 Å². The van der Waals surface area contributed by atoms with Gasteiger partial charge in [-0.2, -0.15) is 0 Å². The Kier molecular flexibility index (Phi) is 3.63. The van der Waals surface area contributed by atoms with Crippen LogP contribution in [0.25, 0.3) is 11.4 Å².